The van der Waals surface area contributed by atoms with E-state index in [1.807, 2.05) is 0 Å². The van der Waals surface area contributed by atoms with Crippen molar-refractivity contribution in [1.82, 2.24) is 9.78 Å². The van der Waals surface area contributed by atoms with Crippen molar-refractivity contribution in [3.63, 3.8) is 0 Å². The lowest BCUT2D eigenvalue weighted by atomic mass is 10.1. The maximum Gasteiger partial charge on any atom is 0.435 e. The average molecular weight is 460 g/mol. The van der Waals surface area contributed by atoms with Crippen LogP contribution in [0, 0.1) is 0 Å². The van der Waals surface area contributed by atoms with E-state index < -0.39 is 21.9 Å². The Morgan fingerprint density at radius 2 is 1.48 bits per heavy atom. The molecule has 150 valence electrons. The fourth-order valence-electron chi connectivity index (χ4n) is 3.12. The van der Waals surface area contributed by atoms with Gasteiger partial charge in [0.15, 0.2) is 5.69 Å². The normalized spacial score (nSPS) is 12.8. The predicted molar refractivity (Wildman–Crippen MR) is 105 cm³/mol. The van der Waals surface area contributed by atoms with Crippen LogP contribution in [0.25, 0.3) is 27.4 Å². The number of hydrogen-bond donors (Lipinski definition) is 1. The second-order valence-electron chi connectivity index (χ2n) is 6.22. The molecule has 2 N–H and O–H groups in total. The molecule has 0 unspecified atom stereocenters. The summed E-state index contributed by atoms with van der Waals surface area (Å²) < 4.78 is 64.8. The third-order valence-corrected chi connectivity index (χ3v) is 6.15. The minimum Gasteiger partial charge on any atom is -0.232 e. The second kappa shape index (κ2) is 6.60. The van der Waals surface area contributed by atoms with Gasteiger partial charge in [-0.25, -0.2) is 18.2 Å². The Kier molecular flexibility index (Phi) is 4.54. The van der Waals surface area contributed by atoms with E-state index in [1.165, 1.54) is 42.5 Å². The average Bonchev–Trinajstić information content (AvgIpc) is 3.04. The number of aromatic nitrogens is 2. The number of halogens is 5. The minimum atomic E-state index is -4.70. The van der Waals surface area contributed by atoms with Crippen molar-refractivity contribution in [2.75, 3.05) is 0 Å². The predicted octanol–water partition coefficient (Wildman–Crippen LogP) is 5.15. The van der Waals surface area contributed by atoms with Gasteiger partial charge in [0, 0.05) is 16.2 Å². The topological polar surface area (TPSA) is 78.0 Å². The highest BCUT2D eigenvalue weighted by atomic mass is 35.5. The summed E-state index contributed by atoms with van der Waals surface area (Å²) in [5.41, 5.74) is -0.691. The molecule has 5 nitrogen and oxygen atoms in total. The largest absolute Gasteiger partial charge is 0.435 e. The molecule has 1 heterocycles. The van der Waals surface area contributed by atoms with Crippen LogP contribution in [0.1, 0.15) is 5.69 Å². The molecule has 3 aromatic carbocycles. The molecule has 0 atom stereocenters. The van der Waals surface area contributed by atoms with Gasteiger partial charge in [-0.2, -0.15) is 18.3 Å². The molecule has 0 bridgehead atoms. The van der Waals surface area contributed by atoms with E-state index in [1.54, 1.807) is 6.07 Å². The molecule has 0 spiro atoms. The summed E-state index contributed by atoms with van der Waals surface area (Å²) >= 11 is 12.3. The maximum atomic E-state index is 13.6. The van der Waals surface area contributed by atoms with Crippen LogP contribution < -0.4 is 5.14 Å². The Bertz CT molecular complexity index is 1380. The standard InChI is InChI=1S/C18H10Cl2F3N3O2S/c19-14-8-7-12-11(15(14)20)5-6-13-16(12)26(25-17(13)18(21,22)23)9-1-3-10(4-2-9)29(24,27)28/h1-8H,(H2,24,27,28). The van der Waals surface area contributed by atoms with Crippen molar-refractivity contribution in [3.05, 3.63) is 64.3 Å². The van der Waals surface area contributed by atoms with Gasteiger partial charge in [-0.1, -0.05) is 35.3 Å². The Morgan fingerprint density at radius 3 is 2.07 bits per heavy atom. The molecule has 0 amide bonds. The summed E-state index contributed by atoms with van der Waals surface area (Å²) in [5.74, 6) is 0. The molecule has 1 aromatic heterocycles. The summed E-state index contributed by atoms with van der Waals surface area (Å²) in [6.45, 7) is 0. The zero-order chi connectivity index (χ0) is 21.1. The highest BCUT2D eigenvalue weighted by molar-refractivity contribution is 7.89. The first kappa shape index (κ1) is 20.0. The van der Waals surface area contributed by atoms with Crippen LogP contribution in [-0.4, -0.2) is 18.2 Å². The zero-order valence-corrected chi connectivity index (χ0v) is 16.5. The van der Waals surface area contributed by atoms with Crippen molar-refractivity contribution >= 4 is 54.9 Å². The van der Waals surface area contributed by atoms with Crippen LogP contribution in [0.5, 0.6) is 0 Å². The van der Waals surface area contributed by atoms with Gasteiger partial charge in [-0.05, 0) is 36.4 Å². The lowest BCUT2D eigenvalue weighted by Gasteiger charge is -2.08. The van der Waals surface area contributed by atoms with Crippen LogP contribution in [0.4, 0.5) is 13.2 Å². The van der Waals surface area contributed by atoms with Crippen LogP contribution in [0.15, 0.2) is 53.4 Å². The fraction of sp³-hybridized carbons (Fsp3) is 0.0556. The van der Waals surface area contributed by atoms with Gasteiger partial charge in [-0.15, -0.1) is 0 Å². The van der Waals surface area contributed by atoms with E-state index >= 15 is 0 Å². The number of nitrogens with two attached hydrogens (primary N) is 1. The van der Waals surface area contributed by atoms with Gasteiger partial charge in [0.25, 0.3) is 0 Å². The molecule has 0 aliphatic rings. The van der Waals surface area contributed by atoms with Crippen LogP contribution in [0.2, 0.25) is 10.0 Å². The van der Waals surface area contributed by atoms with Gasteiger partial charge in [0.05, 0.1) is 26.1 Å². The number of alkyl halides is 3. The lowest BCUT2D eigenvalue weighted by molar-refractivity contribution is -0.140. The van der Waals surface area contributed by atoms with Gasteiger partial charge in [0.1, 0.15) is 0 Å². The third-order valence-electron chi connectivity index (χ3n) is 4.40. The minimum absolute atomic E-state index is 0.126. The van der Waals surface area contributed by atoms with Crippen LogP contribution in [0.3, 0.4) is 0 Å². The first-order valence-corrected chi connectivity index (χ1v) is 10.3. The molecule has 4 rings (SSSR count). The monoisotopic (exact) mass is 459 g/mol. The molecule has 0 fully saturated rings. The van der Waals surface area contributed by atoms with Crippen LogP contribution in [-0.2, 0) is 16.2 Å². The quantitative estimate of drug-likeness (QED) is 0.450. The maximum absolute atomic E-state index is 13.6. The SMILES string of the molecule is NS(=O)(=O)c1ccc(-n2nc(C(F)(F)F)c3ccc4c(Cl)c(Cl)ccc4c32)cc1. The first-order chi connectivity index (χ1) is 13.5. The molecule has 0 saturated carbocycles. The van der Waals surface area contributed by atoms with Gasteiger partial charge in [0.2, 0.25) is 10.0 Å². The smallest absolute Gasteiger partial charge is 0.232 e. The van der Waals surface area contributed by atoms with E-state index in [0.29, 0.717) is 10.8 Å². The number of nitrogens with zero attached hydrogens (tertiary/aromatic N) is 2. The van der Waals surface area contributed by atoms with Crippen molar-refractivity contribution in [2.24, 2.45) is 5.14 Å². The molecule has 29 heavy (non-hydrogen) atoms. The fourth-order valence-corrected chi connectivity index (χ4v) is 4.03. The summed E-state index contributed by atoms with van der Waals surface area (Å²) in [4.78, 5) is -0.173. The molecular weight excluding hydrogens is 450 g/mol. The summed E-state index contributed by atoms with van der Waals surface area (Å²) in [6.07, 6.45) is -4.70. The summed E-state index contributed by atoms with van der Waals surface area (Å²) in [5, 5.41) is 10.1. The second-order valence-corrected chi connectivity index (χ2v) is 8.56. The summed E-state index contributed by atoms with van der Waals surface area (Å²) in [6, 6.07) is 10.8. The van der Waals surface area contributed by atoms with E-state index in [2.05, 4.69) is 5.10 Å². The molecule has 0 aliphatic heterocycles. The molecule has 0 aliphatic carbocycles. The Hall–Kier alpha value is -2.33. The molecular formula is C18H10Cl2F3N3O2S. The number of benzene rings is 3. The van der Waals surface area contributed by atoms with Gasteiger partial charge in [-0.3, -0.25) is 0 Å². The molecule has 0 radical (unpaired) electrons. The highest BCUT2D eigenvalue weighted by Gasteiger charge is 2.37. The van der Waals surface area contributed by atoms with Crippen molar-refractivity contribution in [2.45, 2.75) is 11.1 Å². The third kappa shape index (κ3) is 3.33. The molecule has 11 heteroatoms. The number of rotatable bonds is 2. The molecule has 0 saturated heterocycles. The van der Waals surface area contributed by atoms with E-state index in [9.17, 15) is 21.6 Å². The van der Waals surface area contributed by atoms with Crippen molar-refractivity contribution < 1.29 is 21.6 Å². The first-order valence-electron chi connectivity index (χ1n) is 7.98. The van der Waals surface area contributed by atoms with E-state index in [0.717, 1.165) is 4.68 Å². The zero-order valence-electron chi connectivity index (χ0n) is 14.2. The number of fused-ring (bicyclic) bond motifs is 3. The summed E-state index contributed by atoms with van der Waals surface area (Å²) in [7, 11) is -3.95. The molecule has 4 aromatic rings. The number of primary sulfonamides is 1. The number of sulfonamides is 1. The highest BCUT2D eigenvalue weighted by Crippen LogP contribution is 2.40. The Labute approximate surface area is 172 Å². The lowest BCUT2D eigenvalue weighted by Crippen LogP contribution is -2.12. The van der Waals surface area contributed by atoms with E-state index in [-0.39, 0.29) is 31.5 Å². The van der Waals surface area contributed by atoms with Gasteiger partial charge >= 0.3 is 6.18 Å². The Balaban J connectivity index is 2.10. The van der Waals surface area contributed by atoms with Crippen LogP contribution >= 0.6 is 23.2 Å². The number of hydrogen-bond acceptors (Lipinski definition) is 3. The van der Waals surface area contributed by atoms with Crippen molar-refractivity contribution in [3.8, 4) is 5.69 Å². The van der Waals surface area contributed by atoms with Crippen molar-refractivity contribution in [1.29, 1.82) is 0 Å². The van der Waals surface area contributed by atoms with Gasteiger partial charge < -0.3 is 0 Å². The van der Waals surface area contributed by atoms with E-state index in [4.69, 9.17) is 28.3 Å². The Morgan fingerprint density at radius 1 is 0.897 bits per heavy atom.